The molecule has 0 aliphatic rings. The molecule has 2 N–H and O–H groups in total. The van der Waals surface area contributed by atoms with E-state index in [0.29, 0.717) is 11.5 Å². The normalized spacial score (nSPS) is 10.8. The summed E-state index contributed by atoms with van der Waals surface area (Å²) >= 11 is 0. The summed E-state index contributed by atoms with van der Waals surface area (Å²) in [7, 11) is 0. The molecule has 3 aromatic rings. The van der Waals surface area contributed by atoms with Crippen LogP contribution in [0, 0.1) is 5.82 Å². The molecule has 1 aromatic heterocycles. The summed E-state index contributed by atoms with van der Waals surface area (Å²) in [5.74, 6) is 0.320. The highest BCUT2D eigenvalue weighted by Gasteiger charge is 2.17. The van der Waals surface area contributed by atoms with Gasteiger partial charge in [-0.1, -0.05) is 18.2 Å². The Kier molecular flexibility index (Phi) is 6.89. The first kappa shape index (κ1) is 22.5. The van der Waals surface area contributed by atoms with Gasteiger partial charge in [0.2, 0.25) is 0 Å². The number of ether oxygens (including phenoxy) is 3. The van der Waals surface area contributed by atoms with Crippen molar-refractivity contribution in [3.05, 3.63) is 72.7 Å². The Labute approximate surface area is 184 Å². The van der Waals surface area contributed by atoms with Gasteiger partial charge in [0.15, 0.2) is 5.82 Å². The monoisotopic (exact) mass is 439 g/mol. The third-order valence-electron chi connectivity index (χ3n) is 3.73. The number of rotatable bonds is 5. The molecule has 0 fully saturated rings. The minimum absolute atomic E-state index is 0.0692. The predicted octanol–water partition coefficient (Wildman–Crippen LogP) is 5.97. The number of halogens is 1. The quantitative estimate of drug-likeness (QED) is 0.508. The van der Waals surface area contributed by atoms with Crippen LogP contribution in [0.25, 0.3) is 0 Å². The fraction of sp³-hybridized carbons (Fsp3) is 0.174. The zero-order valence-corrected chi connectivity index (χ0v) is 17.7. The van der Waals surface area contributed by atoms with Crippen molar-refractivity contribution in [3.63, 3.8) is 0 Å². The van der Waals surface area contributed by atoms with E-state index in [2.05, 4.69) is 15.6 Å². The molecule has 8 nitrogen and oxygen atoms in total. The zero-order chi connectivity index (χ0) is 23.1. The van der Waals surface area contributed by atoms with Gasteiger partial charge in [-0.3, -0.25) is 10.6 Å². The van der Waals surface area contributed by atoms with Crippen LogP contribution in [0.2, 0.25) is 0 Å². The average molecular weight is 439 g/mol. The van der Waals surface area contributed by atoms with Gasteiger partial charge in [0.25, 0.3) is 0 Å². The molecule has 0 saturated carbocycles. The molecule has 0 atom stereocenters. The van der Waals surface area contributed by atoms with Crippen molar-refractivity contribution in [2.45, 2.75) is 26.4 Å². The Hall–Kier alpha value is -4.14. The molecule has 0 unspecified atom stereocenters. The molecule has 0 radical (unpaired) electrons. The number of amides is 2. The molecule has 0 bridgehead atoms. The number of hydrogen-bond acceptors (Lipinski definition) is 6. The molecule has 0 spiro atoms. The molecular formula is C23H22FN3O5. The van der Waals surface area contributed by atoms with Gasteiger partial charge in [0.05, 0.1) is 5.69 Å². The van der Waals surface area contributed by atoms with Crippen molar-refractivity contribution in [1.82, 2.24) is 4.98 Å². The number of aromatic nitrogens is 1. The maximum Gasteiger partial charge on any atom is 0.417 e. The summed E-state index contributed by atoms with van der Waals surface area (Å²) < 4.78 is 30.3. The van der Waals surface area contributed by atoms with Crippen molar-refractivity contribution < 1.29 is 28.2 Å². The first-order valence-corrected chi connectivity index (χ1v) is 9.65. The first-order valence-electron chi connectivity index (χ1n) is 9.65. The summed E-state index contributed by atoms with van der Waals surface area (Å²) in [5.41, 5.74) is -0.723. The van der Waals surface area contributed by atoms with Crippen molar-refractivity contribution in [2.24, 2.45) is 0 Å². The van der Waals surface area contributed by atoms with Crippen molar-refractivity contribution in [1.29, 1.82) is 0 Å². The molecule has 3 rings (SSSR count). The van der Waals surface area contributed by atoms with Crippen LogP contribution in [0.15, 0.2) is 66.9 Å². The average Bonchev–Trinajstić information content (AvgIpc) is 2.69. The van der Waals surface area contributed by atoms with Crippen LogP contribution in [-0.2, 0) is 4.74 Å². The molecule has 2 amide bonds. The lowest BCUT2D eigenvalue weighted by Crippen LogP contribution is -2.27. The van der Waals surface area contributed by atoms with E-state index in [1.54, 1.807) is 57.2 Å². The van der Waals surface area contributed by atoms with E-state index in [0.717, 1.165) is 6.07 Å². The van der Waals surface area contributed by atoms with Crippen LogP contribution in [0.4, 0.5) is 25.5 Å². The van der Waals surface area contributed by atoms with E-state index in [9.17, 15) is 14.0 Å². The van der Waals surface area contributed by atoms with Gasteiger partial charge in [-0.15, -0.1) is 0 Å². The largest absolute Gasteiger partial charge is 0.457 e. The SMILES string of the molecule is CC(C)(C)OC(=O)Nc1cc(Oc2ccc(NC(=O)Oc3ccccc3)c(F)c2)ccn1. The van der Waals surface area contributed by atoms with Crippen LogP contribution in [0.1, 0.15) is 20.8 Å². The van der Waals surface area contributed by atoms with Crippen molar-refractivity contribution in [2.75, 3.05) is 10.6 Å². The molecule has 166 valence electrons. The van der Waals surface area contributed by atoms with Gasteiger partial charge in [-0.2, -0.15) is 0 Å². The molecule has 0 saturated heterocycles. The summed E-state index contributed by atoms with van der Waals surface area (Å²) in [6, 6.07) is 15.3. The lowest BCUT2D eigenvalue weighted by molar-refractivity contribution is 0.0635. The number of nitrogens with one attached hydrogen (secondary N) is 2. The number of para-hydroxylation sites is 1. The second kappa shape index (κ2) is 9.78. The number of hydrogen-bond donors (Lipinski definition) is 2. The number of nitrogens with zero attached hydrogens (tertiary/aromatic N) is 1. The van der Waals surface area contributed by atoms with E-state index in [1.165, 1.54) is 24.4 Å². The molecule has 0 aliphatic carbocycles. The standard InChI is InChI=1S/C23H22FN3O5/c1-23(2,3)32-22(29)27-20-14-17(11-12-25-20)30-16-9-10-19(18(24)13-16)26-21(28)31-15-7-5-4-6-8-15/h4-14H,1-3H3,(H,26,28)(H,25,27,29). The van der Waals surface area contributed by atoms with E-state index >= 15 is 0 Å². The van der Waals surface area contributed by atoms with Crippen molar-refractivity contribution in [3.8, 4) is 17.2 Å². The van der Waals surface area contributed by atoms with Crippen LogP contribution in [0.3, 0.4) is 0 Å². The van der Waals surface area contributed by atoms with E-state index in [-0.39, 0.29) is 17.3 Å². The first-order chi connectivity index (χ1) is 15.2. The van der Waals surface area contributed by atoms with Crippen molar-refractivity contribution >= 4 is 23.7 Å². The van der Waals surface area contributed by atoms with Gasteiger partial charge in [0, 0.05) is 18.3 Å². The number of carbonyl (C=O) groups excluding carboxylic acids is 2. The third-order valence-corrected chi connectivity index (χ3v) is 3.73. The molecule has 1 heterocycles. The second-order valence-corrected chi connectivity index (χ2v) is 7.57. The molecule has 2 aromatic carbocycles. The summed E-state index contributed by atoms with van der Waals surface area (Å²) in [5, 5.41) is 4.83. The van der Waals surface area contributed by atoms with E-state index < -0.39 is 23.6 Å². The number of carbonyl (C=O) groups is 2. The summed E-state index contributed by atoms with van der Waals surface area (Å²) in [6.07, 6.45) is -0.0600. The van der Waals surface area contributed by atoms with Gasteiger partial charge in [-0.25, -0.2) is 19.0 Å². The maximum atomic E-state index is 14.4. The van der Waals surface area contributed by atoms with Gasteiger partial charge >= 0.3 is 12.2 Å². The Morgan fingerprint density at radius 1 is 0.875 bits per heavy atom. The summed E-state index contributed by atoms with van der Waals surface area (Å²) in [6.45, 7) is 5.23. The van der Waals surface area contributed by atoms with Crippen LogP contribution < -0.4 is 20.1 Å². The number of pyridine rings is 1. The Morgan fingerprint density at radius 3 is 2.28 bits per heavy atom. The van der Waals surface area contributed by atoms with Gasteiger partial charge in [0.1, 0.15) is 28.7 Å². The van der Waals surface area contributed by atoms with Gasteiger partial charge < -0.3 is 14.2 Å². The molecular weight excluding hydrogens is 417 g/mol. The Morgan fingerprint density at radius 2 is 1.59 bits per heavy atom. The van der Waals surface area contributed by atoms with Crippen LogP contribution >= 0.6 is 0 Å². The van der Waals surface area contributed by atoms with Crippen LogP contribution in [-0.4, -0.2) is 22.8 Å². The van der Waals surface area contributed by atoms with Crippen LogP contribution in [0.5, 0.6) is 17.2 Å². The van der Waals surface area contributed by atoms with Gasteiger partial charge in [-0.05, 0) is 51.1 Å². The molecule has 9 heteroatoms. The fourth-order valence-electron chi connectivity index (χ4n) is 2.48. The smallest absolute Gasteiger partial charge is 0.417 e. The minimum Gasteiger partial charge on any atom is -0.457 e. The zero-order valence-electron chi connectivity index (χ0n) is 17.7. The number of anilines is 2. The van der Waals surface area contributed by atoms with E-state index in [1.807, 2.05) is 0 Å². The Balaban J connectivity index is 1.62. The topological polar surface area (TPSA) is 98.8 Å². The fourth-order valence-corrected chi connectivity index (χ4v) is 2.48. The third kappa shape index (κ3) is 6.98. The lowest BCUT2D eigenvalue weighted by Gasteiger charge is -2.19. The summed E-state index contributed by atoms with van der Waals surface area (Å²) in [4.78, 5) is 27.8. The second-order valence-electron chi connectivity index (χ2n) is 7.57. The highest BCUT2D eigenvalue weighted by Crippen LogP contribution is 2.27. The number of benzene rings is 2. The van der Waals surface area contributed by atoms with E-state index in [4.69, 9.17) is 14.2 Å². The predicted molar refractivity (Wildman–Crippen MR) is 117 cm³/mol. The molecule has 32 heavy (non-hydrogen) atoms. The minimum atomic E-state index is -0.823. The maximum absolute atomic E-state index is 14.4. The highest BCUT2D eigenvalue weighted by atomic mass is 19.1. The highest BCUT2D eigenvalue weighted by molar-refractivity contribution is 5.86. The lowest BCUT2D eigenvalue weighted by atomic mass is 10.2. The molecule has 0 aliphatic heterocycles. The Bertz CT molecular complexity index is 1100.